The van der Waals surface area contributed by atoms with Crippen molar-refractivity contribution in [2.45, 2.75) is 26.7 Å². The van der Waals surface area contributed by atoms with Crippen LogP contribution in [0.3, 0.4) is 0 Å². The first-order valence-electron chi connectivity index (χ1n) is 10.5. The van der Waals surface area contributed by atoms with Crippen LogP contribution in [0.4, 0.5) is 17.2 Å². The lowest BCUT2D eigenvalue weighted by Crippen LogP contribution is -2.10. The minimum Gasteiger partial charge on any atom is -0.496 e. The summed E-state index contributed by atoms with van der Waals surface area (Å²) in [5.74, 6) is 1.74. The van der Waals surface area contributed by atoms with Crippen molar-refractivity contribution < 1.29 is 13.2 Å². The van der Waals surface area contributed by atoms with Gasteiger partial charge in [0.15, 0.2) is 5.65 Å². The highest BCUT2D eigenvalue weighted by molar-refractivity contribution is 7.92. The van der Waals surface area contributed by atoms with Crippen LogP contribution in [0.1, 0.15) is 30.9 Å². The summed E-state index contributed by atoms with van der Waals surface area (Å²) in [6.45, 7) is 6.14. The zero-order valence-electron chi connectivity index (χ0n) is 19.2. The molecule has 172 valence electrons. The molecule has 0 radical (unpaired) electrons. The predicted molar refractivity (Wildman–Crippen MR) is 132 cm³/mol. The number of nitrogens with one attached hydrogen (secondary N) is 2. The highest BCUT2D eigenvalue weighted by Gasteiger charge is 2.15. The molecule has 2 N–H and O–H groups in total. The maximum absolute atomic E-state index is 11.7. The van der Waals surface area contributed by atoms with Gasteiger partial charge in [-0.3, -0.25) is 4.72 Å². The highest BCUT2D eigenvalue weighted by atomic mass is 32.2. The van der Waals surface area contributed by atoms with Crippen molar-refractivity contribution in [1.29, 1.82) is 0 Å². The van der Waals surface area contributed by atoms with E-state index in [1.807, 2.05) is 37.4 Å². The molecule has 4 aromatic rings. The first-order valence-corrected chi connectivity index (χ1v) is 12.4. The molecule has 0 atom stereocenters. The summed E-state index contributed by atoms with van der Waals surface area (Å²) in [7, 11) is -1.73. The number of ether oxygens (including phenoxy) is 1. The summed E-state index contributed by atoms with van der Waals surface area (Å²) in [6.07, 6.45) is 4.75. The van der Waals surface area contributed by atoms with Crippen molar-refractivity contribution in [3.05, 3.63) is 66.0 Å². The molecule has 2 aromatic carbocycles. The van der Waals surface area contributed by atoms with E-state index >= 15 is 0 Å². The molecule has 0 bridgehead atoms. The van der Waals surface area contributed by atoms with Crippen LogP contribution < -0.4 is 14.8 Å². The minimum absolute atomic E-state index is 0.373. The maximum Gasteiger partial charge on any atom is 0.229 e. The molecule has 2 aromatic heterocycles. The van der Waals surface area contributed by atoms with E-state index in [2.05, 4.69) is 41.1 Å². The molecule has 0 unspecified atom stereocenters. The van der Waals surface area contributed by atoms with Gasteiger partial charge in [0.2, 0.25) is 10.0 Å². The van der Waals surface area contributed by atoms with Crippen molar-refractivity contribution in [2.24, 2.45) is 0 Å². The lowest BCUT2D eigenvalue weighted by atomic mass is 9.97. The van der Waals surface area contributed by atoms with Gasteiger partial charge in [-0.15, -0.1) is 0 Å². The van der Waals surface area contributed by atoms with Crippen LogP contribution in [-0.2, 0) is 10.0 Å². The third-order valence-electron chi connectivity index (χ3n) is 5.35. The number of benzene rings is 2. The molecule has 2 heterocycles. The normalized spacial score (nSPS) is 11.7. The molecule has 0 saturated carbocycles. The molecule has 0 amide bonds. The van der Waals surface area contributed by atoms with Gasteiger partial charge in [-0.2, -0.15) is 5.10 Å². The smallest absolute Gasteiger partial charge is 0.229 e. The molecule has 4 rings (SSSR count). The third-order valence-corrected chi connectivity index (χ3v) is 5.95. The Kier molecular flexibility index (Phi) is 5.99. The number of nitrogens with zero attached hydrogens (tertiary/aromatic N) is 3. The fourth-order valence-corrected chi connectivity index (χ4v) is 4.20. The lowest BCUT2D eigenvalue weighted by molar-refractivity contribution is 0.416. The molecule has 0 spiro atoms. The van der Waals surface area contributed by atoms with E-state index in [9.17, 15) is 8.42 Å². The number of methoxy groups -OCH3 is 1. The van der Waals surface area contributed by atoms with E-state index in [0.717, 1.165) is 28.7 Å². The topological polar surface area (TPSA) is 97.6 Å². The van der Waals surface area contributed by atoms with Gasteiger partial charge in [0.1, 0.15) is 11.6 Å². The number of rotatable bonds is 7. The number of hydrogen-bond donors (Lipinski definition) is 2. The van der Waals surface area contributed by atoms with Crippen molar-refractivity contribution in [2.75, 3.05) is 23.4 Å². The average Bonchev–Trinajstić information content (AvgIpc) is 3.17. The quantitative estimate of drug-likeness (QED) is 0.401. The molecule has 0 fully saturated rings. The molecule has 0 aliphatic rings. The average molecular weight is 466 g/mol. The number of fused-ring (bicyclic) bond motifs is 1. The zero-order valence-corrected chi connectivity index (χ0v) is 20.1. The molecule has 0 aliphatic heterocycles. The predicted octanol–water partition coefficient (Wildman–Crippen LogP) is 4.95. The van der Waals surface area contributed by atoms with Gasteiger partial charge >= 0.3 is 0 Å². The number of sulfonamides is 1. The SMILES string of the molecule is COc1ccc(C(C)C)cc1-c1cnn2ccc(Nc3ccc(C)c(NS(C)(=O)=O)c3)nc12. The van der Waals surface area contributed by atoms with Crippen LogP contribution in [0.2, 0.25) is 0 Å². The Morgan fingerprint density at radius 3 is 2.55 bits per heavy atom. The monoisotopic (exact) mass is 465 g/mol. The summed E-state index contributed by atoms with van der Waals surface area (Å²) in [4.78, 5) is 4.78. The molecule has 9 heteroatoms. The third kappa shape index (κ3) is 4.93. The fourth-order valence-electron chi connectivity index (χ4n) is 3.58. The standard InChI is InChI=1S/C24H27N5O3S/c1-15(2)17-7-9-22(32-4)19(12-17)20-14-25-29-11-10-23(27-24(20)29)26-18-8-6-16(3)21(13-18)28-33(5,30)31/h6-15,28H,1-5H3,(H,26,27). The van der Waals surface area contributed by atoms with Crippen molar-refractivity contribution in [3.8, 4) is 16.9 Å². The Morgan fingerprint density at radius 2 is 1.85 bits per heavy atom. The van der Waals surface area contributed by atoms with Crippen LogP contribution >= 0.6 is 0 Å². The van der Waals surface area contributed by atoms with Crippen LogP contribution in [0.25, 0.3) is 16.8 Å². The Hall–Kier alpha value is -3.59. The van der Waals surface area contributed by atoms with E-state index in [4.69, 9.17) is 9.72 Å². The van der Waals surface area contributed by atoms with Crippen LogP contribution in [0.5, 0.6) is 5.75 Å². The first-order chi connectivity index (χ1) is 15.6. The largest absolute Gasteiger partial charge is 0.496 e. The van der Waals surface area contributed by atoms with Gasteiger partial charge < -0.3 is 10.1 Å². The van der Waals surface area contributed by atoms with Crippen LogP contribution in [0, 0.1) is 6.92 Å². The Balaban J connectivity index is 1.73. The summed E-state index contributed by atoms with van der Waals surface area (Å²) in [5, 5.41) is 7.71. The summed E-state index contributed by atoms with van der Waals surface area (Å²) in [5.41, 5.74) is 5.72. The summed E-state index contributed by atoms with van der Waals surface area (Å²) >= 11 is 0. The molecule has 8 nitrogen and oxygen atoms in total. The number of hydrogen-bond acceptors (Lipinski definition) is 6. The Morgan fingerprint density at radius 1 is 1.06 bits per heavy atom. The Bertz CT molecular complexity index is 1430. The zero-order chi connectivity index (χ0) is 23.8. The van der Waals surface area contributed by atoms with Crippen molar-refractivity contribution >= 4 is 32.9 Å². The van der Waals surface area contributed by atoms with Gasteiger partial charge in [0.25, 0.3) is 0 Å². The highest BCUT2D eigenvalue weighted by Crippen LogP contribution is 2.35. The van der Waals surface area contributed by atoms with E-state index < -0.39 is 10.0 Å². The second-order valence-electron chi connectivity index (χ2n) is 8.28. The van der Waals surface area contributed by atoms with E-state index in [1.165, 1.54) is 5.56 Å². The first kappa shape index (κ1) is 22.6. The molecule has 33 heavy (non-hydrogen) atoms. The minimum atomic E-state index is -3.38. The second kappa shape index (κ2) is 8.74. The van der Waals surface area contributed by atoms with Gasteiger partial charge in [-0.1, -0.05) is 26.0 Å². The van der Waals surface area contributed by atoms with E-state index in [-0.39, 0.29) is 0 Å². The summed E-state index contributed by atoms with van der Waals surface area (Å²) < 4.78 is 33.2. The number of aromatic nitrogens is 3. The second-order valence-corrected chi connectivity index (χ2v) is 10.0. The van der Waals surface area contributed by atoms with Gasteiger partial charge in [0.05, 0.1) is 30.8 Å². The van der Waals surface area contributed by atoms with Gasteiger partial charge in [-0.05, 0) is 54.3 Å². The Labute approximate surface area is 193 Å². The van der Waals surface area contributed by atoms with Crippen LogP contribution in [-0.4, -0.2) is 36.4 Å². The molecular weight excluding hydrogens is 438 g/mol. The van der Waals surface area contributed by atoms with E-state index in [0.29, 0.717) is 28.8 Å². The van der Waals surface area contributed by atoms with Crippen molar-refractivity contribution in [1.82, 2.24) is 14.6 Å². The van der Waals surface area contributed by atoms with Crippen LogP contribution in [0.15, 0.2) is 54.9 Å². The molecule has 0 aliphatic carbocycles. The molecular formula is C24H27N5O3S. The number of aryl methyl sites for hydroxylation is 1. The van der Waals surface area contributed by atoms with Crippen molar-refractivity contribution in [3.63, 3.8) is 0 Å². The lowest BCUT2D eigenvalue weighted by Gasteiger charge is -2.13. The summed E-state index contributed by atoms with van der Waals surface area (Å²) in [6, 6.07) is 13.4. The molecule has 0 saturated heterocycles. The van der Waals surface area contributed by atoms with Gasteiger partial charge in [-0.25, -0.2) is 17.9 Å². The van der Waals surface area contributed by atoms with Gasteiger partial charge in [0, 0.05) is 17.4 Å². The number of anilines is 3. The fraction of sp³-hybridized carbons (Fsp3) is 0.250. The maximum atomic E-state index is 11.7. The van der Waals surface area contributed by atoms with E-state index in [1.54, 1.807) is 23.9 Å².